The fourth-order valence-corrected chi connectivity index (χ4v) is 4.36. The monoisotopic (exact) mass is 414 g/mol. The second-order valence-electron chi connectivity index (χ2n) is 7.79. The first-order valence-corrected chi connectivity index (χ1v) is 12.5. The van der Waals surface area contributed by atoms with Gasteiger partial charge in [0, 0.05) is 5.25 Å². The molecular formula is C21H43NaO4S. The van der Waals surface area contributed by atoms with Gasteiger partial charge < -0.3 is 9.66 Å². The van der Waals surface area contributed by atoms with E-state index in [4.69, 9.17) is 0 Å². The first-order valence-electron chi connectivity index (χ1n) is 11.0. The first-order chi connectivity index (χ1) is 12.4. The Labute approximate surface area is 191 Å². The Bertz CT molecular complexity index is 401. The number of unbranched alkanes of at least 4 members (excludes halogenated alkanes) is 11. The van der Waals surface area contributed by atoms with E-state index in [9.17, 15) is 18.1 Å². The molecule has 0 radical (unpaired) electrons. The van der Waals surface area contributed by atoms with Gasteiger partial charge in [-0.25, -0.2) is 8.42 Å². The number of hydrogen-bond acceptors (Lipinski definition) is 4. The molecular weight excluding hydrogens is 371 g/mol. The SMILES string of the molecule is CCCCCC(O)CCCCCCCCCCCCC(CC)S(=O)(=O)[O-].[Na+]. The Kier molecular flexibility index (Phi) is 22.4. The molecule has 4 nitrogen and oxygen atoms in total. The van der Waals surface area contributed by atoms with Crippen LogP contribution in [-0.2, 0) is 10.1 Å². The average Bonchev–Trinajstić information content (AvgIpc) is 2.58. The molecule has 6 heteroatoms. The minimum Gasteiger partial charge on any atom is -0.748 e. The standard InChI is InChI=1S/C21H44O4S.Na/c1-3-5-14-17-20(22)18-15-12-10-8-6-7-9-11-13-16-19-21(4-2)26(23,24)25;/h20-22H,3-19H2,1-2H3,(H,23,24,25);/q;+1/p-1. The van der Waals surface area contributed by atoms with Crippen LogP contribution in [0.15, 0.2) is 0 Å². The predicted molar refractivity (Wildman–Crippen MR) is 109 cm³/mol. The third-order valence-electron chi connectivity index (χ3n) is 5.32. The molecule has 0 aromatic carbocycles. The molecule has 0 rings (SSSR count). The van der Waals surface area contributed by atoms with Crippen molar-refractivity contribution in [1.82, 2.24) is 0 Å². The number of aliphatic hydroxyl groups is 1. The van der Waals surface area contributed by atoms with E-state index >= 15 is 0 Å². The molecule has 0 saturated carbocycles. The van der Waals surface area contributed by atoms with Crippen LogP contribution in [0.3, 0.4) is 0 Å². The Morgan fingerprint density at radius 3 is 1.44 bits per heavy atom. The smallest absolute Gasteiger partial charge is 0.748 e. The molecule has 158 valence electrons. The molecule has 0 spiro atoms. The Balaban J connectivity index is 0. The minimum absolute atomic E-state index is 0. The van der Waals surface area contributed by atoms with Crippen molar-refractivity contribution in [3.05, 3.63) is 0 Å². The largest absolute Gasteiger partial charge is 1.00 e. The molecule has 0 heterocycles. The van der Waals surface area contributed by atoms with Crippen LogP contribution in [0.5, 0.6) is 0 Å². The van der Waals surface area contributed by atoms with E-state index < -0.39 is 15.4 Å². The van der Waals surface area contributed by atoms with E-state index in [1.54, 1.807) is 6.92 Å². The van der Waals surface area contributed by atoms with Crippen LogP contribution in [0.2, 0.25) is 0 Å². The number of aliphatic hydroxyl groups excluding tert-OH is 1. The van der Waals surface area contributed by atoms with Crippen molar-refractivity contribution < 1.29 is 47.6 Å². The van der Waals surface area contributed by atoms with Crippen LogP contribution < -0.4 is 29.6 Å². The van der Waals surface area contributed by atoms with Gasteiger partial charge in [-0.15, -0.1) is 0 Å². The molecule has 2 atom stereocenters. The zero-order chi connectivity index (χ0) is 19.7. The van der Waals surface area contributed by atoms with Crippen molar-refractivity contribution in [2.75, 3.05) is 0 Å². The van der Waals surface area contributed by atoms with Gasteiger partial charge in [-0.1, -0.05) is 97.3 Å². The maximum absolute atomic E-state index is 11.0. The maximum atomic E-state index is 11.0. The summed E-state index contributed by atoms with van der Waals surface area (Å²) in [6.07, 6.45) is 18.0. The van der Waals surface area contributed by atoms with E-state index in [-0.39, 0.29) is 35.7 Å². The molecule has 1 N–H and O–H groups in total. The second-order valence-corrected chi connectivity index (χ2v) is 9.44. The molecule has 0 aromatic heterocycles. The van der Waals surface area contributed by atoms with Crippen LogP contribution in [0.1, 0.15) is 123 Å². The van der Waals surface area contributed by atoms with Crippen LogP contribution in [0.4, 0.5) is 0 Å². The normalized spacial score (nSPS) is 13.9. The summed E-state index contributed by atoms with van der Waals surface area (Å²) >= 11 is 0. The van der Waals surface area contributed by atoms with Gasteiger partial charge in [-0.05, 0) is 25.7 Å². The van der Waals surface area contributed by atoms with Crippen molar-refractivity contribution in [3.63, 3.8) is 0 Å². The summed E-state index contributed by atoms with van der Waals surface area (Å²) in [5, 5.41) is 9.18. The molecule has 0 aliphatic rings. The molecule has 0 aromatic rings. The van der Waals surface area contributed by atoms with Gasteiger partial charge in [-0.3, -0.25) is 0 Å². The molecule has 27 heavy (non-hydrogen) atoms. The van der Waals surface area contributed by atoms with Crippen LogP contribution in [0, 0.1) is 0 Å². The van der Waals surface area contributed by atoms with Crippen molar-refractivity contribution in [3.8, 4) is 0 Å². The first kappa shape index (κ1) is 30.1. The van der Waals surface area contributed by atoms with Crippen LogP contribution in [-0.4, -0.2) is 29.4 Å². The fourth-order valence-electron chi connectivity index (χ4n) is 3.49. The summed E-state index contributed by atoms with van der Waals surface area (Å²) in [7, 11) is -4.10. The quantitative estimate of drug-likeness (QED) is 0.200. The van der Waals surface area contributed by atoms with Gasteiger partial charge >= 0.3 is 29.6 Å². The maximum Gasteiger partial charge on any atom is 1.00 e. The van der Waals surface area contributed by atoms with Crippen LogP contribution >= 0.6 is 0 Å². The second kappa shape index (κ2) is 20.2. The van der Waals surface area contributed by atoms with Crippen molar-refractivity contribution in [2.24, 2.45) is 0 Å². The van der Waals surface area contributed by atoms with E-state index in [1.807, 2.05) is 0 Å². The van der Waals surface area contributed by atoms with E-state index in [0.29, 0.717) is 12.8 Å². The molecule has 0 saturated heterocycles. The summed E-state index contributed by atoms with van der Waals surface area (Å²) in [5.74, 6) is 0. The van der Waals surface area contributed by atoms with Gasteiger partial charge in [0.15, 0.2) is 0 Å². The van der Waals surface area contributed by atoms with Gasteiger partial charge in [-0.2, -0.15) is 0 Å². The third-order valence-corrected chi connectivity index (χ3v) is 6.70. The van der Waals surface area contributed by atoms with Crippen molar-refractivity contribution in [1.29, 1.82) is 0 Å². The molecule has 0 aliphatic heterocycles. The van der Waals surface area contributed by atoms with Gasteiger partial charge in [0.05, 0.1) is 16.2 Å². The predicted octanol–water partition coefficient (Wildman–Crippen LogP) is 2.94. The van der Waals surface area contributed by atoms with E-state index in [2.05, 4.69) is 6.92 Å². The Morgan fingerprint density at radius 2 is 1.07 bits per heavy atom. The summed E-state index contributed by atoms with van der Waals surface area (Å²) in [6, 6.07) is 0. The number of hydrogen-bond donors (Lipinski definition) is 1. The third kappa shape index (κ3) is 19.9. The minimum atomic E-state index is -4.10. The molecule has 0 bridgehead atoms. The van der Waals surface area contributed by atoms with Crippen molar-refractivity contribution in [2.45, 2.75) is 134 Å². The molecule has 2 unspecified atom stereocenters. The molecule has 0 fully saturated rings. The zero-order valence-electron chi connectivity index (χ0n) is 18.3. The summed E-state index contributed by atoms with van der Waals surface area (Å²) in [5.41, 5.74) is 0. The summed E-state index contributed by atoms with van der Waals surface area (Å²) in [4.78, 5) is 0. The van der Waals surface area contributed by atoms with E-state index in [0.717, 1.165) is 44.9 Å². The number of rotatable bonds is 19. The topological polar surface area (TPSA) is 77.4 Å². The van der Waals surface area contributed by atoms with Crippen molar-refractivity contribution >= 4 is 10.1 Å². The Morgan fingerprint density at radius 1 is 0.704 bits per heavy atom. The van der Waals surface area contributed by atoms with Gasteiger partial charge in [0.2, 0.25) is 0 Å². The zero-order valence-corrected chi connectivity index (χ0v) is 21.1. The molecule has 0 aliphatic carbocycles. The van der Waals surface area contributed by atoms with Crippen LogP contribution in [0.25, 0.3) is 0 Å². The molecule has 0 amide bonds. The van der Waals surface area contributed by atoms with E-state index in [1.165, 1.54) is 51.4 Å². The summed E-state index contributed by atoms with van der Waals surface area (Å²) in [6.45, 7) is 3.96. The fraction of sp³-hybridized carbons (Fsp3) is 1.00. The van der Waals surface area contributed by atoms with Gasteiger partial charge in [0.1, 0.15) is 0 Å². The van der Waals surface area contributed by atoms with Gasteiger partial charge in [0.25, 0.3) is 0 Å². The average molecular weight is 415 g/mol. The summed E-state index contributed by atoms with van der Waals surface area (Å²) < 4.78 is 33.0. The Hall–Kier alpha value is 0.870.